The average Bonchev–Trinajstić information content (AvgIpc) is 3.25. The quantitative estimate of drug-likeness (QED) is 0.748. The third-order valence-corrected chi connectivity index (χ3v) is 4.61. The molecule has 6 heteroatoms. The van der Waals surface area contributed by atoms with Crippen LogP contribution in [0.3, 0.4) is 0 Å². The van der Waals surface area contributed by atoms with E-state index >= 15 is 0 Å². The van der Waals surface area contributed by atoms with Crippen molar-refractivity contribution in [2.24, 2.45) is 5.73 Å². The second-order valence-corrected chi connectivity index (χ2v) is 6.10. The van der Waals surface area contributed by atoms with E-state index in [1.165, 1.54) is 11.1 Å². The molecule has 4 rings (SSSR count). The number of nitriles is 1. The summed E-state index contributed by atoms with van der Waals surface area (Å²) in [6.45, 7) is 4.13. The average molecular weight is 332 g/mol. The molecule has 0 amide bonds. The number of rotatable bonds is 2. The number of hydrogen-bond acceptors (Lipinski definition) is 5. The van der Waals surface area contributed by atoms with Gasteiger partial charge in [-0.3, -0.25) is 5.10 Å². The van der Waals surface area contributed by atoms with Crippen LogP contribution < -0.4 is 10.5 Å². The number of nitrogens with one attached hydrogen (secondary N) is 1. The van der Waals surface area contributed by atoms with Crippen molar-refractivity contribution in [1.29, 1.82) is 5.26 Å². The highest BCUT2D eigenvalue weighted by Gasteiger charge is 2.36. The van der Waals surface area contributed by atoms with Crippen molar-refractivity contribution < 1.29 is 9.15 Å². The summed E-state index contributed by atoms with van der Waals surface area (Å²) < 4.78 is 10.8. The van der Waals surface area contributed by atoms with Gasteiger partial charge in [-0.1, -0.05) is 12.1 Å². The Morgan fingerprint density at radius 3 is 2.76 bits per heavy atom. The zero-order valence-electron chi connectivity index (χ0n) is 13.8. The maximum atomic E-state index is 9.61. The van der Waals surface area contributed by atoms with Crippen LogP contribution in [0.4, 0.5) is 0 Å². The molecule has 25 heavy (non-hydrogen) atoms. The zero-order chi connectivity index (χ0) is 17.6. The van der Waals surface area contributed by atoms with Gasteiger partial charge < -0.3 is 14.9 Å². The fourth-order valence-corrected chi connectivity index (χ4v) is 3.13. The Morgan fingerprint density at radius 2 is 2.08 bits per heavy atom. The number of fused-ring (bicyclic) bond motifs is 1. The standard InChI is InChI=1S/C19H16N4O2/c1-10-3-4-12(7-11(10)2)17-16-15(13-5-6-24-9-13)14(8-20)18(21)25-19(16)23-22-17/h3-7,9,15H,21H2,1-2H3,(H,22,23)/t15-/m1/s1. The molecule has 2 aromatic heterocycles. The van der Waals surface area contributed by atoms with Crippen molar-refractivity contribution in [2.45, 2.75) is 19.8 Å². The largest absolute Gasteiger partial charge is 0.472 e. The minimum absolute atomic E-state index is 0.0688. The number of benzene rings is 1. The molecular weight excluding hydrogens is 316 g/mol. The summed E-state index contributed by atoms with van der Waals surface area (Å²) >= 11 is 0. The van der Waals surface area contributed by atoms with Crippen molar-refractivity contribution in [3.05, 3.63) is 70.5 Å². The lowest BCUT2D eigenvalue weighted by Crippen LogP contribution is -2.20. The van der Waals surface area contributed by atoms with E-state index in [0.717, 1.165) is 22.4 Å². The molecule has 1 aliphatic rings. The summed E-state index contributed by atoms with van der Waals surface area (Å²) in [7, 11) is 0. The molecule has 0 saturated carbocycles. The molecule has 0 radical (unpaired) electrons. The van der Waals surface area contributed by atoms with Gasteiger partial charge in [-0.05, 0) is 37.1 Å². The number of furan rings is 1. The lowest BCUT2D eigenvalue weighted by atomic mass is 9.84. The summed E-state index contributed by atoms with van der Waals surface area (Å²) in [5, 5.41) is 16.9. The minimum Gasteiger partial charge on any atom is -0.472 e. The first-order chi connectivity index (χ1) is 12.1. The van der Waals surface area contributed by atoms with Gasteiger partial charge in [-0.25, -0.2) is 0 Å². The van der Waals surface area contributed by atoms with Gasteiger partial charge in [-0.2, -0.15) is 5.26 Å². The number of allylic oxidation sites excluding steroid dienone is 1. The Bertz CT molecular complexity index is 1020. The second-order valence-electron chi connectivity index (χ2n) is 6.10. The van der Waals surface area contributed by atoms with Crippen molar-refractivity contribution in [3.63, 3.8) is 0 Å². The second kappa shape index (κ2) is 5.56. The zero-order valence-corrected chi connectivity index (χ0v) is 13.8. The van der Waals surface area contributed by atoms with Gasteiger partial charge in [0.25, 0.3) is 0 Å². The van der Waals surface area contributed by atoms with Crippen molar-refractivity contribution in [3.8, 4) is 23.2 Å². The van der Waals surface area contributed by atoms with Crippen LogP contribution in [0, 0.1) is 25.2 Å². The number of hydrogen-bond donors (Lipinski definition) is 2. The molecule has 124 valence electrons. The van der Waals surface area contributed by atoms with Crippen LogP contribution in [-0.4, -0.2) is 10.2 Å². The number of nitrogens with two attached hydrogens (primary N) is 1. The summed E-state index contributed by atoms with van der Waals surface area (Å²) in [6.07, 6.45) is 3.19. The van der Waals surface area contributed by atoms with E-state index in [0.29, 0.717) is 11.5 Å². The smallest absolute Gasteiger partial charge is 0.244 e. The molecule has 0 spiro atoms. The van der Waals surface area contributed by atoms with Gasteiger partial charge in [0.05, 0.1) is 29.7 Å². The number of ether oxygens (including phenoxy) is 1. The van der Waals surface area contributed by atoms with E-state index in [2.05, 4.69) is 42.2 Å². The van der Waals surface area contributed by atoms with E-state index in [9.17, 15) is 5.26 Å². The Morgan fingerprint density at radius 1 is 1.24 bits per heavy atom. The molecule has 1 aromatic carbocycles. The minimum atomic E-state index is -0.386. The van der Waals surface area contributed by atoms with Gasteiger partial charge >= 0.3 is 0 Å². The SMILES string of the molecule is Cc1ccc(-c2[nH]nc3c2[C@H](c2ccoc2)C(C#N)=C(N)O3)cc1C. The van der Waals surface area contributed by atoms with Crippen molar-refractivity contribution in [2.75, 3.05) is 0 Å². The van der Waals surface area contributed by atoms with Gasteiger partial charge in [0.15, 0.2) is 0 Å². The van der Waals surface area contributed by atoms with E-state index in [4.69, 9.17) is 14.9 Å². The molecule has 3 N–H and O–H groups in total. The van der Waals surface area contributed by atoms with Crippen LogP contribution in [0.2, 0.25) is 0 Å². The monoisotopic (exact) mass is 332 g/mol. The lowest BCUT2D eigenvalue weighted by Gasteiger charge is -2.22. The first-order valence-electron chi connectivity index (χ1n) is 7.85. The summed E-state index contributed by atoms with van der Waals surface area (Å²) in [5.41, 5.74) is 12.1. The van der Waals surface area contributed by atoms with Gasteiger partial charge in [0.1, 0.15) is 11.6 Å². The first-order valence-corrected chi connectivity index (χ1v) is 7.85. The van der Waals surface area contributed by atoms with Gasteiger partial charge in [0.2, 0.25) is 11.8 Å². The predicted octanol–water partition coefficient (Wildman–Crippen LogP) is 3.50. The number of aromatic nitrogens is 2. The highest BCUT2D eigenvalue weighted by Crippen LogP contribution is 2.45. The topological polar surface area (TPSA) is 101 Å². The van der Waals surface area contributed by atoms with Crippen LogP contribution in [0.15, 0.2) is 52.7 Å². The molecular formula is C19H16N4O2. The lowest BCUT2D eigenvalue weighted by molar-refractivity contribution is 0.378. The molecule has 3 aromatic rings. The molecule has 1 aliphatic heterocycles. The first kappa shape index (κ1) is 15.1. The molecule has 0 aliphatic carbocycles. The molecule has 3 heterocycles. The van der Waals surface area contributed by atoms with E-state index in [1.54, 1.807) is 12.5 Å². The summed E-state index contributed by atoms with van der Waals surface area (Å²) in [6, 6.07) is 10.2. The number of aryl methyl sites for hydroxylation is 2. The molecule has 6 nitrogen and oxygen atoms in total. The van der Waals surface area contributed by atoms with E-state index in [1.807, 2.05) is 12.1 Å². The molecule has 0 saturated heterocycles. The summed E-state index contributed by atoms with van der Waals surface area (Å²) in [4.78, 5) is 0. The number of H-pyrrole nitrogens is 1. The van der Waals surface area contributed by atoms with Gasteiger partial charge in [-0.15, -0.1) is 5.10 Å². The molecule has 0 unspecified atom stereocenters. The predicted molar refractivity (Wildman–Crippen MR) is 91.5 cm³/mol. The van der Waals surface area contributed by atoms with Crippen LogP contribution in [0.5, 0.6) is 5.88 Å². The number of nitrogens with zero attached hydrogens (tertiary/aromatic N) is 2. The highest BCUT2D eigenvalue weighted by molar-refractivity contribution is 5.71. The maximum Gasteiger partial charge on any atom is 0.244 e. The van der Waals surface area contributed by atoms with Gasteiger partial charge in [0, 0.05) is 11.1 Å². The Labute approximate surface area is 144 Å². The molecule has 0 bridgehead atoms. The molecule has 0 fully saturated rings. The van der Waals surface area contributed by atoms with Crippen molar-refractivity contribution >= 4 is 0 Å². The summed E-state index contributed by atoms with van der Waals surface area (Å²) in [5.74, 6) is 0.0677. The van der Waals surface area contributed by atoms with Crippen LogP contribution in [0.1, 0.15) is 28.2 Å². The third kappa shape index (κ3) is 2.29. The third-order valence-electron chi connectivity index (χ3n) is 4.61. The van der Waals surface area contributed by atoms with Crippen LogP contribution >= 0.6 is 0 Å². The number of aromatic amines is 1. The Balaban J connectivity index is 1.95. The fraction of sp³-hybridized carbons (Fsp3) is 0.158. The maximum absolute atomic E-state index is 9.61. The normalized spacial score (nSPS) is 16.3. The van der Waals surface area contributed by atoms with Crippen molar-refractivity contribution in [1.82, 2.24) is 10.2 Å². The van der Waals surface area contributed by atoms with E-state index < -0.39 is 0 Å². The van der Waals surface area contributed by atoms with Crippen LogP contribution in [0.25, 0.3) is 11.3 Å². The fourth-order valence-electron chi connectivity index (χ4n) is 3.13. The Kier molecular flexibility index (Phi) is 3.36. The van der Waals surface area contributed by atoms with Crippen LogP contribution in [-0.2, 0) is 0 Å². The molecule has 1 atom stereocenters. The Hall–Kier alpha value is -3.46. The highest BCUT2D eigenvalue weighted by atomic mass is 16.5. The van der Waals surface area contributed by atoms with E-state index in [-0.39, 0.29) is 11.8 Å².